The molecule has 2 aromatic rings. The number of non-ortho nitro benzene ring substituents is 1. The van der Waals surface area contributed by atoms with E-state index in [4.69, 9.17) is 5.73 Å². The van der Waals surface area contributed by atoms with Gasteiger partial charge in [0, 0.05) is 29.8 Å². The van der Waals surface area contributed by atoms with Crippen molar-refractivity contribution in [2.24, 2.45) is 11.7 Å². The molecule has 0 aliphatic rings. The van der Waals surface area contributed by atoms with Crippen molar-refractivity contribution in [1.82, 2.24) is 0 Å². The number of carbonyl (C=O) groups excluding carboxylic acids is 1. The number of halogens is 1. The van der Waals surface area contributed by atoms with Crippen molar-refractivity contribution in [1.29, 1.82) is 0 Å². The van der Waals surface area contributed by atoms with Crippen molar-refractivity contribution >= 4 is 29.7 Å². The molecule has 0 saturated carbocycles. The quantitative estimate of drug-likeness (QED) is 0.511. The van der Waals surface area contributed by atoms with Gasteiger partial charge in [0.05, 0.1) is 4.92 Å². The van der Waals surface area contributed by atoms with Gasteiger partial charge in [0.15, 0.2) is 0 Å². The highest BCUT2D eigenvalue weighted by Crippen LogP contribution is 2.27. The lowest BCUT2D eigenvalue weighted by molar-refractivity contribution is -0.384. The summed E-state index contributed by atoms with van der Waals surface area (Å²) in [4.78, 5) is 22.7. The zero-order chi connectivity index (χ0) is 19.1. The van der Waals surface area contributed by atoms with Gasteiger partial charge in [0.2, 0.25) is 5.91 Å². The Balaban J connectivity index is 0.00000364. The molecule has 146 valence electrons. The average molecular weight is 392 g/mol. The molecule has 7 heteroatoms. The molecule has 3 atom stereocenters. The normalized spacial score (nSPS) is 13.7. The van der Waals surface area contributed by atoms with Crippen LogP contribution in [-0.4, -0.2) is 16.9 Å². The third-order valence-electron chi connectivity index (χ3n) is 4.60. The molecule has 1 amide bonds. The second-order valence-electron chi connectivity index (χ2n) is 6.52. The van der Waals surface area contributed by atoms with E-state index in [1.807, 2.05) is 44.2 Å². The predicted molar refractivity (Wildman–Crippen MR) is 110 cm³/mol. The molecule has 0 aliphatic heterocycles. The topological polar surface area (TPSA) is 98.3 Å². The molecular formula is C20H26ClN3O3. The first-order valence-corrected chi connectivity index (χ1v) is 8.78. The summed E-state index contributed by atoms with van der Waals surface area (Å²) < 4.78 is 0. The predicted octanol–water partition coefficient (Wildman–Crippen LogP) is 4.50. The lowest BCUT2D eigenvalue weighted by Crippen LogP contribution is -2.33. The number of anilines is 1. The van der Waals surface area contributed by atoms with Crippen LogP contribution in [0.2, 0.25) is 0 Å². The van der Waals surface area contributed by atoms with Gasteiger partial charge in [-0.3, -0.25) is 14.9 Å². The van der Waals surface area contributed by atoms with E-state index < -0.39 is 4.92 Å². The van der Waals surface area contributed by atoms with Crippen molar-refractivity contribution in [3.8, 4) is 0 Å². The molecule has 0 aromatic heterocycles. The molecule has 0 radical (unpaired) electrons. The van der Waals surface area contributed by atoms with Crippen molar-refractivity contribution in [3.05, 3.63) is 70.3 Å². The SMILES string of the molecule is CCC(c1ccc([N+](=O)[O-])cc1)C(N)C[C@H](C)C(=O)Nc1ccccc1.Cl. The Bertz CT molecular complexity index is 738. The Morgan fingerprint density at radius 1 is 1.15 bits per heavy atom. The average Bonchev–Trinajstić information content (AvgIpc) is 2.63. The number of para-hydroxylation sites is 1. The third-order valence-corrected chi connectivity index (χ3v) is 4.60. The Hall–Kier alpha value is -2.44. The standard InChI is InChI=1S/C20H25N3O3.ClH/c1-3-18(15-9-11-17(12-10-15)23(25)26)19(21)13-14(2)20(24)22-16-7-5-4-6-8-16;/h4-12,14,18-19H,3,13,21H2,1-2H3,(H,22,24);1H/t14-,18?,19?;/m0./s1. The van der Waals surface area contributed by atoms with Crippen LogP contribution in [0.5, 0.6) is 0 Å². The van der Waals surface area contributed by atoms with E-state index in [1.54, 1.807) is 12.1 Å². The first kappa shape index (κ1) is 22.6. The molecule has 0 aliphatic carbocycles. The second-order valence-corrected chi connectivity index (χ2v) is 6.52. The molecule has 0 spiro atoms. The molecule has 2 aromatic carbocycles. The van der Waals surface area contributed by atoms with E-state index in [0.29, 0.717) is 6.42 Å². The number of nitrogens with one attached hydrogen (secondary N) is 1. The summed E-state index contributed by atoms with van der Waals surface area (Å²) in [5, 5.41) is 13.7. The van der Waals surface area contributed by atoms with E-state index in [2.05, 4.69) is 5.32 Å². The van der Waals surface area contributed by atoms with Gasteiger partial charge in [-0.05, 0) is 36.5 Å². The minimum atomic E-state index is -0.416. The number of nitrogens with two attached hydrogens (primary N) is 1. The Labute approximate surface area is 165 Å². The molecule has 0 fully saturated rings. The first-order chi connectivity index (χ1) is 12.4. The van der Waals surface area contributed by atoms with E-state index >= 15 is 0 Å². The molecular weight excluding hydrogens is 366 g/mol. The number of hydrogen-bond acceptors (Lipinski definition) is 4. The van der Waals surface area contributed by atoms with Crippen molar-refractivity contribution in [2.75, 3.05) is 5.32 Å². The van der Waals surface area contributed by atoms with Crippen LogP contribution >= 0.6 is 12.4 Å². The van der Waals surface area contributed by atoms with E-state index in [0.717, 1.165) is 17.7 Å². The van der Waals surface area contributed by atoms with Gasteiger partial charge in [0.1, 0.15) is 0 Å². The van der Waals surface area contributed by atoms with Crippen molar-refractivity contribution in [3.63, 3.8) is 0 Å². The highest BCUT2D eigenvalue weighted by Gasteiger charge is 2.24. The van der Waals surface area contributed by atoms with Gasteiger partial charge in [0.25, 0.3) is 5.69 Å². The highest BCUT2D eigenvalue weighted by molar-refractivity contribution is 5.92. The van der Waals surface area contributed by atoms with Gasteiger partial charge in [-0.15, -0.1) is 12.4 Å². The summed E-state index contributed by atoms with van der Waals surface area (Å²) in [5.41, 5.74) is 8.16. The lowest BCUT2D eigenvalue weighted by Gasteiger charge is -2.25. The van der Waals surface area contributed by atoms with Crippen LogP contribution in [0.3, 0.4) is 0 Å². The van der Waals surface area contributed by atoms with E-state index in [1.165, 1.54) is 12.1 Å². The van der Waals surface area contributed by atoms with Gasteiger partial charge >= 0.3 is 0 Å². The first-order valence-electron chi connectivity index (χ1n) is 8.78. The summed E-state index contributed by atoms with van der Waals surface area (Å²) in [5.74, 6) is -0.259. The number of nitro benzene ring substituents is 1. The van der Waals surface area contributed by atoms with Crippen molar-refractivity contribution in [2.45, 2.75) is 38.6 Å². The Kier molecular flexibility index (Phi) is 8.91. The van der Waals surface area contributed by atoms with Crippen LogP contribution in [0, 0.1) is 16.0 Å². The van der Waals surface area contributed by atoms with Gasteiger partial charge in [-0.2, -0.15) is 0 Å². The van der Waals surface area contributed by atoms with Crippen LogP contribution in [0.1, 0.15) is 38.2 Å². The number of nitrogens with zero attached hydrogens (tertiary/aromatic N) is 1. The van der Waals surface area contributed by atoms with E-state index in [9.17, 15) is 14.9 Å². The molecule has 0 bridgehead atoms. The number of carbonyl (C=O) groups is 1. The van der Waals surface area contributed by atoms with Gasteiger partial charge in [-0.1, -0.05) is 44.2 Å². The lowest BCUT2D eigenvalue weighted by atomic mass is 9.84. The molecule has 2 rings (SSSR count). The number of amides is 1. The maximum absolute atomic E-state index is 12.4. The molecule has 2 unspecified atom stereocenters. The van der Waals surface area contributed by atoms with Gasteiger partial charge in [-0.25, -0.2) is 0 Å². The summed E-state index contributed by atoms with van der Waals surface area (Å²) in [6, 6.07) is 15.6. The summed E-state index contributed by atoms with van der Waals surface area (Å²) in [7, 11) is 0. The van der Waals surface area contributed by atoms with Crippen LogP contribution in [0.25, 0.3) is 0 Å². The number of rotatable bonds is 8. The summed E-state index contributed by atoms with van der Waals surface area (Å²) in [6.45, 7) is 3.89. The second kappa shape index (κ2) is 10.6. The van der Waals surface area contributed by atoms with Crippen LogP contribution < -0.4 is 11.1 Å². The largest absolute Gasteiger partial charge is 0.327 e. The minimum Gasteiger partial charge on any atom is -0.327 e. The zero-order valence-electron chi connectivity index (χ0n) is 15.5. The van der Waals surface area contributed by atoms with Crippen molar-refractivity contribution < 1.29 is 9.72 Å². The Morgan fingerprint density at radius 3 is 2.26 bits per heavy atom. The molecule has 3 N–H and O–H groups in total. The monoisotopic (exact) mass is 391 g/mol. The minimum absolute atomic E-state index is 0. The fraction of sp³-hybridized carbons (Fsp3) is 0.350. The molecule has 0 saturated heterocycles. The fourth-order valence-corrected chi connectivity index (χ4v) is 3.10. The van der Waals surface area contributed by atoms with Crippen LogP contribution in [0.15, 0.2) is 54.6 Å². The summed E-state index contributed by atoms with van der Waals surface area (Å²) >= 11 is 0. The fourth-order valence-electron chi connectivity index (χ4n) is 3.10. The smallest absolute Gasteiger partial charge is 0.269 e. The maximum atomic E-state index is 12.4. The maximum Gasteiger partial charge on any atom is 0.269 e. The molecule has 27 heavy (non-hydrogen) atoms. The molecule has 6 nitrogen and oxygen atoms in total. The van der Waals surface area contributed by atoms with Gasteiger partial charge < -0.3 is 11.1 Å². The zero-order valence-corrected chi connectivity index (χ0v) is 16.3. The summed E-state index contributed by atoms with van der Waals surface area (Å²) in [6.07, 6.45) is 1.33. The Morgan fingerprint density at radius 2 is 1.74 bits per heavy atom. The van der Waals surface area contributed by atoms with Crippen LogP contribution in [0.4, 0.5) is 11.4 Å². The number of nitro groups is 1. The number of benzene rings is 2. The number of hydrogen-bond donors (Lipinski definition) is 2. The highest BCUT2D eigenvalue weighted by atomic mass is 35.5. The van der Waals surface area contributed by atoms with Crippen LogP contribution in [-0.2, 0) is 4.79 Å². The third kappa shape index (κ3) is 6.34. The molecule has 0 heterocycles. The van der Waals surface area contributed by atoms with E-state index in [-0.39, 0.29) is 41.9 Å².